The molecule has 0 aliphatic carbocycles. The van der Waals surface area contributed by atoms with E-state index in [-0.39, 0.29) is 17.6 Å². The molecule has 1 fully saturated rings. The zero-order valence-corrected chi connectivity index (χ0v) is 18.8. The van der Waals surface area contributed by atoms with Crippen LogP contribution in [0.4, 0.5) is 4.39 Å². The molecule has 0 bridgehead atoms. The Labute approximate surface area is 189 Å². The van der Waals surface area contributed by atoms with Crippen molar-refractivity contribution in [3.8, 4) is 11.5 Å². The van der Waals surface area contributed by atoms with Gasteiger partial charge in [0.25, 0.3) is 0 Å². The van der Waals surface area contributed by atoms with Crippen molar-refractivity contribution in [3.63, 3.8) is 0 Å². The quantitative estimate of drug-likeness (QED) is 0.408. The number of phenolic OH excluding ortho intramolecular Hbond substituents is 1. The number of aromatic hydroxyl groups is 1. The summed E-state index contributed by atoms with van der Waals surface area (Å²) >= 11 is 0. The molecule has 1 aliphatic rings. The zero-order chi connectivity index (χ0) is 22.8. The number of benzene rings is 2. The summed E-state index contributed by atoms with van der Waals surface area (Å²) in [6.45, 7) is 9.20. The zero-order valence-electron chi connectivity index (χ0n) is 18.8. The first kappa shape index (κ1) is 23.8. The van der Waals surface area contributed by atoms with Gasteiger partial charge in [-0.1, -0.05) is 18.2 Å². The first-order valence-corrected chi connectivity index (χ1v) is 11.1. The molecule has 174 valence electrons. The van der Waals surface area contributed by atoms with Crippen LogP contribution in [0.15, 0.2) is 47.5 Å². The van der Waals surface area contributed by atoms with Crippen molar-refractivity contribution in [1.82, 2.24) is 15.5 Å². The van der Waals surface area contributed by atoms with Gasteiger partial charge in [0.15, 0.2) is 17.5 Å². The van der Waals surface area contributed by atoms with Crippen LogP contribution in [-0.2, 0) is 11.3 Å². The van der Waals surface area contributed by atoms with Gasteiger partial charge in [0.05, 0.1) is 32.4 Å². The van der Waals surface area contributed by atoms with Gasteiger partial charge >= 0.3 is 0 Å². The standard InChI is InChI=1S/C24H33FN4O3/c1-3-26-24(27-16-18-5-10-22(30)23(15-18)32-4-2)28-17-21(29-11-13-31-14-12-29)19-6-8-20(25)9-7-19/h5-10,15,21,30H,3-4,11-14,16-17H2,1-2H3,(H2,26,27,28). The van der Waals surface area contributed by atoms with Crippen LogP contribution in [0.3, 0.4) is 0 Å². The lowest BCUT2D eigenvalue weighted by molar-refractivity contribution is 0.0170. The normalized spacial score (nSPS) is 15.9. The minimum atomic E-state index is -0.238. The van der Waals surface area contributed by atoms with Gasteiger partial charge in [-0.05, 0) is 49.2 Å². The van der Waals surface area contributed by atoms with E-state index in [4.69, 9.17) is 14.5 Å². The molecule has 3 rings (SSSR count). The van der Waals surface area contributed by atoms with Crippen LogP contribution in [0.25, 0.3) is 0 Å². The van der Waals surface area contributed by atoms with Crippen molar-refractivity contribution in [2.75, 3.05) is 46.0 Å². The van der Waals surface area contributed by atoms with Crippen molar-refractivity contribution >= 4 is 5.96 Å². The summed E-state index contributed by atoms with van der Waals surface area (Å²) in [5.74, 6) is 1.04. The molecule has 0 saturated carbocycles. The van der Waals surface area contributed by atoms with E-state index in [0.29, 0.717) is 44.6 Å². The first-order valence-electron chi connectivity index (χ1n) is 11.1. The number of rotatable bonds is 9. The number of nitrogens with one attached hydrogen (secondary N) is 2. The summed E-state index contributed by atoms with van der Waals surface area (Å²) in [5.41, 5.74) is 1.99. The largest absolute Gasteiger partial charge is 0.504 e. The number of nitrogens with zero attached hydrogens (tertiary/aromatic N) is 2. The topological polar surface area (TPSA) is 78.4 Å². The Kier molecular flexibility index (Phi) is 9.13. The van der Waals surface area contributed by atoms with Crippen LogP contribution >= 0.6 is 0 Å². The molecule has 0 radical (unpaired) electrons. The second-order valence-electron chi connectivity index (χ2n) is 7.53. The van der Waals surface area contributed by atoms with Crippen LogP contribution in [-0.4, -0.2) is 62.0 Å². The highest BCUT2D eigenvalue weighted by atomic mass is 19.1. The second-order valence-corrected chi connectivity index (χ2v) is 7.53. The van der Waals surface area contributed by atoms with E-state index in [0.717, 1.165) is 30.8 Å². The predicted molar refractivity (Wildman–Crippen MR) is 124 cm³/mol. The molecule has 0 spiro atoms. The molecule has 0 amide bonds. The fourth-order valence-electron chi connectivity index (χ4n) is 3.67. The van der Waals surface area contributed by atoms with E-state index in [9.17, 15) is 9.50 Å². The first-order chi connectivity index (χ1) is 15.6. The van der Waals surface area contributed by atoms with Gasteiger partial charge in [0.1, 0.15) is 5.82 Å². The summed E-state index contributed by atoms with van der Waals surface area (Å²) in [4.78, 5) is 7.04. The number of halogens is 1. The molecule has 3 N–H and O–H groups in total. The predicted octanol–water partition coefficient (Wildman–Crippen LogP) is 3.06. The molecule has 1 atom stereocenters. The third kappa shape index (κ3) is 6.83. The van der Waals surface area contributed by atoms with Crippen molar-refractivity contribution < 1.29 is 19.0 Å². The third-order valence-corrected chi connectivity index (χ3v) is 5.29. The van der Waals surface area contributed by atoms with E-state index in [2.05, 4.69) is 15.5 Å². The average Bonchev–Trinajstić information content (AvgIpc) is 2.81. The highest BCUT2D eigenvalue weighted by molar-refractivity contribution is 5.79. The Balaban J connectivity index is 1.71. The monoisotopic (exact) mass is 444 g/mol. The number of aliphatic imine (C=N–C) groups is 1. The maximum atomic E-state index is 13.5. The molecule has 7 nitrogen and oxygen atoms in total. The Morgan fingerprint density at radius 1 is 1.16 bits per heavy atom. The smallest absolute Gasteiger partial charge is 0.191 e. The van der Waals surface area contributed by atoms with Crippen molar-refractivity contribution in [3.05, 3.63) is 59.4 Å². The maximum Gasteiger partial charge on any atom is 0.191 e. The lowest BCUT2D eigenvalue weighted by Crippen LogP contribution is -2.46. The fourth-order valence-corrected chi connectivity index (χ4v) is 3.67. The van der Waals surface area contributed by atoms with Gasteiger partial charge in [-0.15, -0.1) is 0 Å². The molecular formula is C24H33FN4O3. The molecule has 32 heavy (non-hydrogen) atoms. The van der Waals surface area contributed by atoms with Gasteiger partial charge in [-0.25, -0.2) is 9.38 Å². The third-order valence-electron chi connectivity index (χ3n) is 5.29. The van der Waals surface area contributed by atoms with E-state index in [1.54, 1.807) is 12.1 Å². The number of ether oxygens (including phenoxy) is 2. The molecule has 8 heteroatoms. The SMILES string of the molecule is CCNC(=NCc1ccc(O)c(OCC)c1)NCC(c1ccc(F)cc1)N1CCOCC1. The molecule has 2 aromatic carbocycles. The van der Waals surface area contributed by atoms with Gasteiger partial charge in [0, 0.05) is 26.2 Å². The van der Waals surface area contributed by atoms with Crippen LogP contribution in [0.1, 0.15) is 31.0 Å². The van der Waals surface area contributed by atoms with Gasteiger partial charge in [-0.3, -0.25) is 4.90 Å². The molecule has 2 aromatic rings. The van der Waals surface area contributed by atoms with Crippen LogP contribution in [0.5, 0.6) is 11.5 Å². The highest BCUT2D eigenvalue weighted by Gasteiger charge is 2.23. The summed E-state index contributed by atoms with van der Waals surface area (Å²) in [5, 5.41) is 16.6. The van der Waals surface area contributed by atoms with Crippen LogP contribution in [0, 0.1) is 5.82 Å². The van der Waals surface area contributed by atoms with E-state index >= 15 is 0 Å². The minimum Gasteiger partial charge on any atom is -0.504 e. The number of phenols is 1. The molecule has 1 saturated heterocycles. The molecule has 1 unspecified atom stereocenters. The summed E-state index contributed by atoms with van der Waals surface area (Å²) in [6.07, 6.45) is 0. The number of hydrogen-bond donors (Lipinski definition) is 3. The van der Waals surface area contributed by atoms with E-state index in [1.807, 2.05) is 32.0 Å². The van der Waals surface area contributed by atoms with E-state index < -0.39 is 0 Å². The van der Waals surface area contributed by atoms with Crippen LogP contribution in [0.2, 0.25) is 0 Å². The Morgan fingerprint density at radius 3 is 2.59 bits per heavy atom. The summed E-state index contributed by atoms with van der Waals surface area (Å²) < 4.78 is 24.4. The molecule has 1 aliphatic heterocycles. The average molecular weight is 445 g/mol. The Morgan fingerprint density at radius 2 is 1.91 bits per heavy atom. The van der Waals surface area contributed by atoms with Crippen molar-refractivity contribution in [1.29, 1.82) is 0 Å². The second kappa shape index (κ2) is 12.3. The van der Waals surface area contributed by atoms with Gasteiger partial charge in [0.2, 0.25) is 0 Å². The summed E-state index contributed by atoms with van der Waals surface area (Å²) in [6, 6.07) is 12.0. The molecule has 0 aromatic heterocycles. The lowest BCUT2D eigenvalue weighted by atomic mass is 10.0. The highest BCUT2D eigenvalue weighted by Crippen LogP contribution is 2.27. The number of hydrogen-bond acceptors (Lipinski definition) is 5. The summed E-state index contributed by atoms with van der Waals surface area (Å²) in [7, 11) is 0. The Hall–Kier alpha value is -2.84. The van der Waals surface area contributed by atoms with Crippen molar-refractivity contribution in [2.45, 2.75) is 26.4 Å². The van der Waals surface area contributed by atoms with Gasteiger partial charge < -0.3 is 25.2 Å². The maximum absolute atomic E-state index is 13.5. The molecular weight excluding hydrogens is 411 g/mol. The lowest BCUT2D eigenvalue weighted by Gasteiger charge is -2.35. The minimum absolute atomic E-state index is 0.0709. The van der Waals surface area contributed by atoms with Crippen LogP contribution < -0.4 is 15.4 Å². The fraction of sp³-hybridized carbons (Fsp3) is 0.458. The molecule has 1 heterocycles. The van der Waals surface area contributed by atoms with E-state index in [1.165, 1.54) is 12.1 Å². The van der Waals surface area contributed by atoms with Crippen molar-refractivity contribution in [2.24, 2.45) is 4.99 Å². The number of guanidine groups is 1. The number of morpholine rings is 1. The van der Waals surface area contributed by atoms with Gasteiger partial charge in [-0.2, -0.15) is 0 Å². The Bertz CT molecular complexity index is 870.